The minimum atomic E-state index is -1.46. The van der Waals surface area contributed by atoms with Gasteiger partial charge in [0.05, 0.1) is 32.0 Å². The first kappa shape index (κ1) is 20.7. The van der Waals surface area contributed by atoms with Crippen molar-refractivity contribution in [2.24, 2.45) is 5.10 Å². The first-order valence-corrected chi connectivity index (χ1v) is 8.94. The minimum absolute atomic E-state index is 0.00654. The van der Waals surface area contributed by atoms with Gasteiger partial charge in [0.2, 0.25) is 0 Å². The van der Waals surface area contributed by atoms with Gasteiger partial charge >= 0.3 is 0 Å². The van der Waals surface area contributed by atoms with Crippen molar-refractivity contribution in [1.29, 1.82) is 0 Å². The lowest BCUT2D eigenvalue weighted by atomic mass is 10.1. The summed E-state index contributed by atoms with van der Waals surface area (Å²) in [6.07, 6.45) is 1.18. The summed E-state index contributed by atoms with van der Waals surface area (Å²) < 4.78 is 15.8. The molecule has 0 spiro atoms. The maximum Gasteiger partial charge on any atom is 0.277 e. The second-order valence-corrected chi connectivity index (χ2v) is 6.11. The van der Waals surface area contributed by atoms with Crippen LogP contribution in [0.1, 0.15) is 15.9 Å². The van der Waals surface area contributed by atoms with Gasteiger partial charge in [0, 0.05) is 10.9 Å². The highest BCUT2D eigenvalue weighted by molar-refractivity contribution is 6.01. The fraction of sp³-hybridized carbons (Fsp3) is 0.136. The van der Waals surface area contributed by atoms with Gasteiger partial charge in [-0.15, -0.1) is 0 Å². The molecule has 0 saturated heterocycles. The van der Waals surface area contributed by atoms with Crippen LogP contribution in [0.15, 0.2) is 59.7 Å². The highest BCUT2D eigenvalue weighted by Crippen LogP contribution is 2.32. The molecule has 0 aliphatic rings. The topological polar surface area (TPSA) is 109 Å². The average Bonchev–Trinajstić information content (AvgIpc) is 2.76. The Morgan fingerprint density at radius 3 is 2.50 bits per heavy atom. The highest BCUT2D eigenvalue weighted by atomic mass is 16.5. The number of ether oxygens (including phenoxy) is 3. The van der Waals surface area contributed by atoms with Gasteiger partial charge in [0.15, 0.2) is 18.1 Å². The summed E-state index contributed by atoms with van der Waals surface area (Å²) in [6, 6.07) is 16.2. The molecule has 0 bridgehead atoms. The number of hydrazone groups is 1. The summed E-state index contributed by atoms with van der Waals surface area (Å²) in [5, 5.41) is 17.2. The molecule has 0 aliphatic heterocycles. The van der Waals surface area contributed by atoms with E-state index in [-0.39, 0.29) is 29.2 Å². The third kappa shape index (κ3) is 4.49. The molecule has 8 nitrogen and oxygen atoms in total. The maximum absolute atomic E-state index is 12.1. The highest BCUT2D eigenvalue weighted by Gasteiger charge is 2.15. The Balaban J connectivity index is 1.68. The molecule has 3 aromatic carbocycles. The number of benzene rings is 3. The molecule has 1 N–H and O–H groups in total. The van der Waals surface area contributed by atoms with Crippen molar-refractivity contribution in [3.63, 3.8) is 0 Å². The maximum atomic E-state index is 12.1. The van der Waals surface area contributed by atoms with Crippen LogP contribution >= 0.6 is 0 Å². The van der Waals surface area contributed by atoms with Crippen LogP contribution in [0.25, 0.3) is 10.8 Å². The van der Waals surface area contributed by atoms with Crippen LogP contribution in [0.4, 0.5) is 0 Å². The van der Waals surface area contributed by atoms with E-state index in [0.29, 0.717) is 5.75 Å². The first-order chi connectivity index (χ1) is 14.5. The van der Waals surface area contributed by atoms with Crippen molar-refractivity contribution in [1.82, 2.24) is 5.43 Å². The molecule has 0 fully saturated rings. The van der Waals surface area contributed by atoms with Gasteiger partial charge in [0.1, 0.15) is 5.75 Å². The van der Waals surface area contributed by atoms with Crippen molar-refractivity contribution in [3.8, 4) is 17.2 Å². The number of hydrogen-bond acceptors (Lipinski definition) is 7. The van der Waals surface area contributed by atoms with E-state index in [1.54, 1.807) is 6.07 Å². The van der Waals surface area contributed by atoms with Gasteiger partial charge in [-0.3, -0.25) is 4.79 Å². The Kier molecular flexibility index (Phi) is 6.49. The van der Waals surface area contributed by atoms with Gasteiger partial charge in [0.25, 0.3) is 5.91 Å². The van der Waals surface area contributed by atoms with Crippen molar-refractivity contribution >= 4 is 28.9 Å². The van der Waals surface area contributed by atoms with Crippen LogP contribution in [0, 0.1) is 0 Å². The predicted octanol–water partition coefficient (Wildman–Crippen LogP) is 1.75. The third-order valence-corrected chi connectivity index (χ3v) is 4.28. The van der Waals surface area contributed by atoms with Crippen molar-refractivity contribution in [2.75, 3.05) is 20.8 Å². The molecule has 0 saturated carbocycles. The fourth-order valence-electron chi connectivity index (χ4n) is 2.93. The van der Waals surface area contributed by atoms with Crippen molar-refractivity contribution in [2.45, 2.75) is 0 Å². The molecule has 0 heterocycles. The molecule has 0 aliphatic carbocycles. The third-order valence-electron chi connectivity index (χ3n) is 4.28. The van der Waals surface area contributed by atoms with E-state index >= 15 is 0 Å². The van der Waals surface area contributed by atoms with E-state index in [1.807, 2.05) is 36.4 Å². The van der Waals surface area contributed by atoms with Crippen LogP contribution < -0.4 is 24.7 Å². The number of carboxylic acids is 1. The summed E-state index contributed by atoms with van der Waals surface area (Å²) in [5.41, 5.74) is 2.25. The van der Waals surface area contributed by atoms with Gasteiger partial charge in [-0.1, -0.05) is 36.4 Å². The molecule has 3 aromatic rings. The van der Waals surface area contributed by atoms with E-state index in [0.717, 1.165) is 10.8 Å². The number of carbonyl (C=O) groups is 2. The van der Waals surface area contributed by atoms with Crippen LogP contribution in [-0.2, 0) is 4.79 Å². The molecule has 3 rings (SSSR count). The zero-order valence-corrected chi connectivity index (χ0v) is 16.4. The van der Waals surface area contributed by atoms with E-state index in [4.69, 9.17) is 14.2 Å². The lowest BCUT2D eigenvalue weighted by molar-refractivity contribution is -0.255. The number of nitrogens with zero attached hydrogens (tertiary/aromatic N) is 1. The van der Waals surface area contributed by atoms with Crippen molar-refractivity contribution < 1.29 is 28.9 Å². The molecule has 0 radical (unpaired) electrons. The second kappa shape index (κ2) is 9.42. The summed E-state index contributed by atoms with van der Waals surface area (Å²) >= 11 is 0. The molecule has 30 heavy (non-hydrogen) atoms. The number of carboxylic acid groups (broad SMARTS) is 1. The van der Waals surface area contributed by atoms with E-state index < -0.39 is 11.9 Å². The van der Waals surface area contributed by atoms with Crippen molar-refractivity contribution in [3.05, 3.63) is 65.7 Å². The minimum Gasteiger partial charge on any atom is -0.545 e. The average molecular weight is 407 g/mol. The number of aromatic carboxylic acids is 1. The zero-order chi connectivity index (χ0) is 21.5. The Bertz CT molecular complexity index is 1100. The van der Waals surface area contributed by atoms with Gasteiger partial charge < -0.3 is 24.1 Å². The summed E-state index contributed by atoms with van der Waals surface area (Å²) in [5.74, 6) is -1.15. The summed E-state index contributed by atoms with van der Waals surface area (Å²) in [6.45, 7) is -0.259. The van der Waals surface area contributed by atoms with E-state index in [2.05, 4.69) is 10.5 Å². The lowest BCUT2D eigenvalue weighted by Gasteiger charge is -2.15. The smallest absolute Gasteiger partial charge is 0.277 e. The quantitative estimate of drug-likeness (QED) is 0.450. The second-order valence-electron chi connectivity index (χ2n) is 6.11. The first-order valence-electron chi connectivity index (χ1n) is 8.94. The number of hydrogen-bond donors (Lipinski definition) is 1. The SMILES string of the molecule is COc1ccc(/C=N\NC(=O)COc2cccc3ccccc23)c(C(=O)[O-])c1OC. The molecular formula is C22H19N2O6-. The van der Waals surface area contributed by atoms with Gasteiger partial charge in [-0.25, -0.2) is 5.43 Å². The van der Waals surface area contributed by atoms with Crippen LogP contribution in [0.2, 0.25) is 0 Å². The molecule has 8 heteroatoms. The molecule has 154 valence electrons. The Labute approximate surface area is 172 Å². The predicted molar refractivity (Wildman–Crippen MR) is 109 cm³/mol. The number of carbonyl (C=O) groups excluding carboxylic acids is 2. The van der Waals surface area contributed by atoms with E-state index in [1.165, 1.54) is 32.6 Å². The number of rotatable bonds is 8. The normalized spacial score (nSPS) is 10.7. The monoisotopic (exact) mass is 407 g/mol. The number of nitrogens with one attached hydrogen (secondary N) is 1. The Morgan fingerprint density at radius 1 is 1.00 bits per heavy atom. The molecular weight excluding hydrogens is 388 g/mol. The summed E-state index contributed by atoms with van der Waals surface area (Å²) in [7, 11) is 2.71. The molecule has 0 atom stereocenters. The van der Waals surface area contributed by atoms with Gasteiger partial charge in [-0.05, 0) is 23.6 Å². The standard InChI is InChI=1S/C22H20N2O6/c1-28-18-11-10-15(20(22(26)27)21(18)29-2)12-23-24-19(25)13-30-17-9-5-7-14-6-3-4-8-16(14)17/h3-12H,13H2,1-2H3,(H,24,25)(H,26,27)/p-1/b23-12-. The molecule has 0 unspecified atom stereocenters. The number of methoxy groups -OCH3 is 2. The summed E-state index contributed by atoms with van der Waals surface area (Å²) in [4.78, 5) is 23.6. The number of fused-ring (bicyclic) bond motifs is 1. The fourth-order valence-corrected chi connectivity index (χ4v) is 2.93. The van der Waals surface area contributed by atoms with Gasteiger partial charge in [-0.2, -0.15) is 5.10 Å². The van der Waals surface area contributed by atoms with Crippen LogP contribution in [-0.4, -0.2) is 38.9 Å². The van der Waals surface area contributed by atoms with Crippen LogP contribution in [0.3, 0.4) is 0 Å². The number of amides is 1. The Hall–Kier alpha value is -4.07. The van der Waals surface area contributed by atoms with E-state index in [9.17, 15) is 14.7 Å². The Morgan fingerprint density at radius 2 is 1.77 bits per heavy atom. The molecule has 1 amide bonds. The van der Waals surface area contributed by atoms with Crippen LogP contribution in [0.5, 0.6) is 17.2 Å². The lowest BCUT2D eigenvalue weighted by Crippen LogP contribution is -2.26. The largest absolute Gasteiger partial charge is 0.545 e. The zero-order valence-electron chi connectivity index (χ0n) is 16.4. The molecule has 0 aromatic heterocycles.